The molecule has 0 aromatic heterocycles. The number of hydrogen-bond donors (Lipinski definition) is 0. The lowest BCUT2D eigenvalue weighted by Crippen LogP contribution is -1.81. The van der Waals surface area contributed by atoms with Crippen molar-refractivity contribution in [3.05, 3.63) is 57.8 Å². The molecular formula is C12H7BrClF. The van der Waals surface area contributed by atoms with E-state index in [1.165, 1.54) is 12.1 Å². The maximum atomic E-state index is 12.9. The molecule has 0 unspecified atom stereocenters. The smallest absolute Gasteiger partial charge is 0.124 e. The zero-order chi connectivity index (χ0) is 10.8. The van der Waals surface area contributed by atoms with E-state index >= 15 is 0 Å². The van der Waals surface area contributed by atoms with Gasteiger partial charge in [0.05, 0.1) is 0 Å². The van der Waals surface area contributed by atoms with Crippen LogP contribution in [0.25, 0.3) is 11.1 Å². The second-order valence-corrected chi connectivity index (χ2v) is 4.43. The summed E-state index contributed by atoms with van der Waals surface area (Å²) >= 11 is 9.21. The summed E-state index contributed by atoms with van der Waals surface area (Å²) in [7, 11) is 0. The van der Waals surface area contributed by atoms with E-state index in [0.29, 0.717) is 5.02 Å². The molecule has 15 heavy (non-hydrogen) atoms. The van der Waals surface area contributed by atoms with Crippen molar-refractivity contribution in [3.63, 3.8) is 0 Å². The lowest BCUT2D eigenvalue weighted by atomic mass is 10.1. The Balaban J connectivity index is 2.54. The van der Waals surface area contributed by atoms with Gasteiger partial charge in [-0.3, -0.25) is 0 Å². The van der Waals surface area contributed by atoms with Crippen LogP contribution in [0, 0.1) is 5.82 Å². The maximum Gasteiger partial charge on any atom is 0.124 e. The summed E-state index contributed by atoms with van der Waals surface area (Å²) in [5, 5.41) is 0.670. The molecule has 0 spiro atoms. The summed E-state index contributed by atoms with van der Waals surface area (Å²) in [6.07, 6.45) is 0. The fourth-order valence-corrected chi connectivity index (χ4v) is 2.15. The summed E-state index contributed by atoms with van der Waals surface area (Å²) in [5.74, 6) is -0.257. The molecule has 0 atom stereocenters. The van der Waals surface area contributed by atoms with Gasteiger partial charge in [-0.1, -0.05) is 45.7 Å². The molecule has 76 valence electrons. The molecule has 2 aromatic rings. The van der Waals surface area contributed by atoms with Crippen LogP contribution in [-0.2, 0) is 0 Å². The Morgan fingerprint density at radius 3 is 2.53 bits per heavy atom. The standard InChI is InChI=1S/C12H7BrClF/c13-12-7-10(15)4-5-11(12)8-2-1-3-9(14)6-8/h1-7H. The van der Waals surface area contributed by atoms with E-state index < -0.39 is 0 Å². The first-order chi connectivity index (χ1) is 7.16. The Kier molecular flexibility index (Phi) is 3.08. The highest BCUT2D eigenvalue weighted by molar-refractivity contribution is 9.10. The monoisotopic (exact) mass is 284 g/mol. The van der Waals surface area contributed by atoms with E-state index in [4.69, 9.17) is 11.6 Å². The molecule has 2 aromatic carbocycles. The third kappa shape index (κ3) is 2.39. The van der Waals surface area contributed by atoms with E-state index in [9.17, 15) is 4.39 Å². The van der Waals surface area contributed by atoms with Gasteiger partial charge in [0.2, 0.25) is 0 Å². The van der Waals surface area contributed by atoms with Crippen LogP contribution in [0.2, 0.25) is 5.02 Å². The maximum absolute atomic E-state index is 12.9. The minimum absolute atomic E-state index is 0.257. The number of rotatable bonds is 1. The van der Waals surface area contributed by atoms with E-state index in [0.717, 1.165) is 15.6 Å². The summed E-state index contributed by atoms with van der Waals surface area (Å²) in [6.45, 7) is 0. The van der Waals surface area contributed by atoms with Gasteiger partial charge in [-0.25, -0.2) is 4.39 Å². The van der Waals surface area contributed by atoms with E-state index in [2.05, 4.69) is 15.9 Å². The highest BCUT2D eigenvalue weighted by atomic mass is 79.9. The highest BCUT2D eigenvalue weighted by Gasteiger charge is 2.04. The zero-order valence-electron chi connectivity index (χ0n) is 7.68. The molecule has 0 saturated carbocycles. The van der Waals surface area contributed by atoms with Crippen LogP contribution < -0.4 is 0 Å². The molecule has 0 aliphatic rings. The topological polar surface area (TPSA) is 0 Å². The highest BCUT2D eigenvalue weighted by Crippen LogP contribution is 2.30. The van der Waals surface area contributed by atoms with Crippen LogP contribution in [0.1, 0.15) is 0 Å². The SMILES string of the molecule is Fc1ccc(-c2cccc(Cl)c2)c(Br)c1. The average molecular weight is 286 g/mol. The molecule has 0 N–H and O–H groups in total. The Hall–Kier alpha value is -0.860. The fourth-order valence-electron chi connectivity index (χ4n) is 1.38. The van der Waals surface area contributed by atoms with Crippen LogP contribution in [0.15, 0.2) is 46.9 Å². The van der Waals surface area contributed by atoms with Crippen molar-refractivity contribution >= 4 is 27.5 Å². The summed E-state index contributed by atoms with van der Waals surface area (Å²) in [4.78, 5) is 0. The molecule has 0 bridgehead atoms. The molecule has 0 radical (unpaired) electrons. The Morgan fingerprint density at radius 2 is 1.87 bits per heavy atom. The number of hydrogen-bond acceptors (Lipinski definition) is 0. The quantitative estimate of drug-likeness (QED) is 0.698. The third-order valence-corrected chi connectivity index (χ3v) is 2.96. The van der Waals surface area contributed by atoms with Crippen molar-refractivity contribution in [2.24, 2.45) is 0 Å². The van der Waals surface area contributed by atoms with Gasteiger partial charge in [0, 0.05) is 9.50 Å². The molecule has 0 nitrogen and oxygen atoms in total. The lowest BCUT2D eigenvalue weighted by molar-refractivity contribution is 0.627. The van der Waals surface area contributed by atoms with Crippen LogP contribution in [0.5, 0.6) is 0 Å². The zero-order valence-corrected chi connectivity index (χ0v) is 10.0. The van der Waals surface area contributed by atoms with E-state index in [-0.39, 0.29) is 5.82 Å². The minimum Gasteiger partial charge on any atom is -0.207 e. The summed E-state index contributed by atoms with van der Waals surface area (Å²) in [5.41, 5.74) is 1.90. The van der Waals surface area contributed by atoms with Crippen molar-refractivity contribution in [3.8, 4) is 11.1 Å². The van der Waals surface area contributed by atoms with Gasteiger partial charge in [-0.15, -0.1) is 0 Å². The second-order valence-electron chi connectivity index (χ2n) is 3.13. The normalized spacial score (nSPS) is 10.3. The first-order valence-corrected chi connectivity index (χ1v) is 5.55. The first kappa shape index (κ1) is 10.7. The second kappa shape index (κ2) is 4.33. The molecule has 0 fully saturated rings. The largest absolute Gasteiger partial charge is 0.207 e. The van der Waals surface area contributed by atoms with Crippen molar-refractivity contribution in [2.45, 2.75) is 0 Å². The van der Waals surface area contributed by atoms with Crippen LogP contribution in [0.4, 0.5) is 4.39 Å². The van der Waals surface area contributed by atoms with Crippen LogP contribution >= 0.6 is 27.5 Å². The molecule has 0 aliphatic heterocycles. The number of benzene rings is 2. The van der Waals surface area contributed by atoms with Gasteiger partial charge in [-0.2, -0.15) is 0 Å². The van der Waals surface area contributed by atoms with E-state index in [1.807, 2.05) is 24.3 Å². The van der Waals surface area contributed by atoms with Gasteiger partial charge in [0.25, 0.3) is 0 Å². The number of halogens is 3. The third-order valence-electron chi connectivity index (χ3n) is 2.07. The summed E-state index contributed by atoms with van der Waals surface area (Å²) in [6, 6.07) is 12.1. The molecule has 0 saturated heterocycles. The van der Waals surface area contributed by atoms with Gasteiger partial charge in [-0.05, 0) is 35.4 Å². The Morgan fingerprint density at radius 1 is 1.07 bits per heavy atom. The van der Waals surface area contributed by atoms with Crippen molar-refractivity contribution in [2.75, 3.05) is 0 Å². The predicted molar refractivity (Wildman–Crippen MR) is 64.5 cm³/mol. The van der Waals surface area contributed by atoms with Crippen molar-refractivity contribution < 1.29 is 4.39 Å². The predicted octanol–water partition coefficient (Wildman–Crippen LogP) is 4.91. The lowest BCUT2D eigenvalue weighted by Gasteiger charge is -2.04. The van der Waals surface area contributed by atoms with E-state index in [1.54, 1.807) is 6.07 Å². The first-order valence-electron chi connectivity index (χ1n) is 4.38. The van der Waals surface area contributed by atoms with Crippen molar-refractivity contribution in [1.29, 1.82) is 0 Å². The molecule has 2 rings (SSSR count). The molecule has 3 heteroatoms. The van der Waals surface area contributed by atoms with Gasteiger partial charge in [0.1, 0.15) is 5.82 Å². The average Bonchev–Trinajstić information content (AvgIpc) is 2.17. The molecule has 0 aliphatic carbocycles. The minimum atomic E-state index is -0.257. The fraction of sp³-hybridized carbons (Fsp3) is 0. The van der Waals surface area contributed by atoms with Crippen LogP contribution in [-0.4, -0.2) is 0 Å². The van der Waals surface area contributed by atoms with Gasteiger partial charge in [0.15, 0.2) is 0 Å². The van der Waals surface area contributed by atoms with Crippen LogP contribution in [0.3, 0.4) is 0 Å². The Labute approximate surface area is 101 Å². The molecular weight excluding hydrogens is 278 g/mol. The Bertz CT molecular complexity index is 497. The molecule has 0 amide bonds. The molecule has 0 heterocycles. The van der Waals surface area contributed by atoms with Crippen molar-refractivity contribution in [1.82, 2.24) is 0 Å². The van der Waals surface area contributed by atoms with Gasteiger partial charge < -0.3 is 0 Å². The van der Waals surface area contributed by atoms with Gasteiger partial charge >= 0.3 is 0 Å². The summed E-state index contributed by atoms with van der Waals surface area (Å²) < 4.78 is 13.6.